The number of carboxylic acids is 3. The molecule has 1 aliphatic rings. The van der Waals surface area contributed by atoms with Crippen molar-refractivity contribution in [3.8, 4) is 5.75 Å². The monoisotopic (exact) mass is 549 g/mol. The number of rotatable bonds is 16. The van der Waals surface area contributed by atoms with Gasteiger partial charge in [0.1, 0.15) is 18.4 Å². The number of Topliss-reactive ketones (excluding diaryl/α,β-unsaturated/α-hetero) is 1. The van der Waals surface area contributed by atoms with Crippen molar-refractivity contribution in [1.29, 1.82) is 0 Å². The van der Waals surface area contributed by atoms with E-state index in [1.807, 2.05) is 0 Å². The molecule has 14 heteroatoms. The second kappa shape index (κ2) is 13.9. The molecule has 0 aromatic heterocycles. The van der Waals surface area contributed by atoms with E-state index in [2.05, 4.69) is 10.5 Å². The van der Waals surface area contributed by atoms with Crippen molar-refractivity contribution in [3.63, 3.8) is 0 Å². The van der Waals surface area contributed by atoms with E-state index in [1.165, 1.54) is 14.0 Å². The summed E-state index contributed by atoms with van der Waals surface area (Å²) in [5, 5.41) is 33.6. The number of likely N-dealkylation sites (N-methyl/N-ethyl adjacent to an activating group) is 1. The summed E-state index contributed by atoms with van der Waals surface area (Å²) in [7, 11) is 1.25. The summed E-state index contributed by atoms with van der Waals surface area (Å²) in [6, 6.07) is 6.01. The van der Waals surface area contributed by atoms with E-state index < -0.39 is 72.6 Å². The first-order valence-corrected chi connectivity index (χ1v) is 12.0. The van der Waals surface area contributed by atoms with Crippen LogP contribution in [-0.4, -0.2) is 92.8 Å². The molecule has 1 aromatic carbocycles. The SMILES string of the molecule is CN(C(=O)C1(C)CC([C@H](CCC(=O)O)NC(=O)CCC(=O)O)=NO1)[C@@H](CC(=O)O)C(=O)COc1ccccc1. The summed E-state index contributed by atoms with van der Waals surface area (Å²) in [5.74, 6) is -5.35. The van der Waals surface area contributed by atoms with Crippen LogP contribution in [-0.2, 0) is 33.6 Å². The van der Waals surface area contributed by atoms with Crippen molar-refractivity contribution in [2.75, 3.05) is 13.7 Å². The van der Waals surface area contributed by atoms with Gasteiger partial charge >= 0.3 is 17.9 Å². The van der Waals surface area contributed by atoms with Gasteiger partial charge in [0.25, 0.3) is 5.91 Å². The molecule has 0 spiro atoms. The second-order valence-electron chi connectivity index (χ2n) is 9.13. The normalized spacial score (nSPS) is 17.6. The molecular weight excluding hydrogens is 518 g/mol. The van der Waals surface area contributed by atoms with Crippen molar-refractivity contribution >= 4 is 41.2 Å². The Hall–Kier alpha value is -4.49. The number of aliphatic carboxylic acids is 3. The second-order valence-corrected chi connectivity index (χ2v) is 9.13. The number of carboxylic acid groups (broad SMARTS) is 3. The molecule has 212 valence electrons. The van der Waals surface area contributed by atoms with Gasteiger partial charge in [0.2, 0.25) is 11.5 Å². The number of nitrogens with one attached hydrogen (secondary N) is 1. The molecule has 0 aliphatic carbocycles. The Labute approximate surface area is 223 Å². The van der Waals surface area contributed by atoms with Gasteiger partial charge in [-0.2, -0.15) is 0 Å². The van der Waals surface area contributed by atoms with Crippen LogP contribution >= 0.6 is 0 Å². The minimum atomic E-state index is -1.69. The van der Waals surface area contributed by atoms with E-state index in [1.54, 1.807) is 30.3 Å². The van der Waals surface area contributed by atoms with E-state index >= 15 is 0 Å². The maximum absolute atomic E-state index is 13.4. The van der Waals surface area contributed by atoms with Crippen molar-refractivity contribution in [1.82, 2.24) is 10.2 Å². The van der Waals surface area contributed by atoms with Gasteiger partial charge in [0.15, 0.2) is 5.78 Å². The summed E-state index contributed by atoms with van der Waals surface area (Å²) in [5.41, 5.74) is -1.55. The number of ether oxygens (including phenoxy) is 1. The molecule has 0 fully saturated rings. The molecule has 1 unspecified atom stereocenters. The van der Waals surface area contributed by atoms with Crippen LogP contribution in [0.4, 0.5) is 0 Å². The van der Waals surface area contributed by atoms with Crippen LogP contribution in [0.2, 0.25) is 0 Å². The van der Waals surface area contributed by atoms with Gasteiger partial charge in [-0.15, -0.1) is 0 Å². The Morgan fingerprint density at radius 3 is 2.26 bits per heavy atom. The van der Waals surface area contributed by atoms with Crippen LogP contribution in [0.3, 0.4) is 0 Å². The zero-order valence-corrected chi connectivity index (χ0v) is 21.5. The standard InChI is InChI=1S/C25H31N3O11/c1-25(13-17(27-39-25)16(8-10-21(31)32)26-20(30)9-11-22(33)34)24(37)28(2)18(12-23(35)36)19(29)14-38-15-6-4-3-5-7-15/h3-7,16,18H,8-14H2,1-2H3,(H,26,30)(H,31,32)(H,33,34)(H,35,36)/t16-,18-,25?/m0/s1. The molecule has 0 saturated heterocycles. The third kappa shape index (κ3) is 9.39. The molecule has 1 aromatic rings. The summed E-state index contributed by atoms with van der Waals surface area (Å²) in [6.45, 7) is 0.879. The molecule has 3 atom stereocenters. The zero-order valence-electron chi connectivity index (χ0n) is 21.5. The molecule has 39 heavy (non-hydrogen) atoms. The Morgan fingerprint density at radius 2 is 1.67 bits per heavy atom. The third-order valence-corrected chi connectivity index (χ3v) is 5.94. The molecule has 0 saturated carbocycles. The summed E-state index contributed by atoms with van der Waals surface area (Å²) >= 11 is 0. The first kappa shape index (κ1) is 30.7. The largest absolute Gasteiger partial charge is 0.486 e. The highest BCUT2D eigenvalue weighted by Crippen LogP contribution is 2.29. The quantitative estimate of drug-likeness (QED) is 0.225. The predicted molar refractivity (Wildman–Crippen MR) is 133 cm³/mol. The third-order valence-electron chi connectivity index (χ3n) is 5.94. The molecule has 2 rings (SSSR count). The molecule has 1 aliphatic heterocycles. The smallest absolute Gasteiger partial charge is 0.305 e. The van der Waals surface area contributed by atoms with Crippen LogP contribution < -0.4 is 10.1 Å². The minimum Gasteiger partial charge on any atom is -0.486 e. The van der Waals surface area contributed by atoms with Crippen molar-refractivity contribution in [3.05, 3.63) is 30.3 Å². The molecule has 0 bridgehead atoms. The molecule has 14 nitrogen and oxygen atoms in total. The Morgan fingerprint density at radius 1 is 1.03 bits per heavy atom. The van der Waals surface area contributed by atoms with E-state index in [0.29, 0.717) is 5.75 Å². The number of amides is 2. The number of carbonyl (C=O) groups excluding carboxylic acids is 3. The van der Waals surface area contributed by atoms with E-state index in [9.17, 15) is 33.9 Å². The summed E-state index contributed by atoms with van der Waals surface area (Å²) < 4.78 is 5.42. The first-order chi connectivity index (χ1) is 18.3. The van der Waals surface area contributed by atoms with Gasteiger partial charge in [-0.3, -0.25) is 28.8 Å². The zero-order chi connectivity index (χ0) is 29.2. The fourth-order valence-electron chi connectivity index (χ4n) is 3.86. The van der Waals surface area contributed by atoms with E-state index in [4.69, 9.17) is 19.8 Å². The lowest BCUT2D eigenvalue weighted by molar-refractivity contribution is -0.158. The molecule has 1 heterocycles. The molecular formula is C25H31N3O11. The van der Waals surface area contributed by atoms with Crippen LogP contribution in [0.15, 0.2) is 35.5 Å². The molecule has 2 amide bonds. The number of hydrogen-bond acceptors (Lipinski definition) is 9. The number of oxime groups is 1. The Balaban J connectivity index is 2.13. The van der Waals surface area contributed by atoms with Crippen molar-refractivity contribution in [2.45, 2.75) is 63.1 Å². The summed E-state index contributed by atoms with van der Waals surface area (Å²) in [6.07, 6.45) is -2.14. The van der Waals surface area contributed by atoms with Crippen molar-refractivity contribution in [2.24, 2.45) is 5.16 Å². The van der Waals surface area contributed by atoms with Crippen LogP contribution in [0.1, 0.15) is 45.4 Å². The van der Waals surface area contributed by atoms with Crippen LogP contribution in [0.5, 0.6) is 5.75 Å². The highest BCUT2D eigenvalue weighted by atomic mass is 16.7. The first-order valence-electron chi connectivity index (χ1n) is 12.0. The average molecular weight is 550 g/mol. The van der Waals surface area contributed by atoms with Gasteiger partial charge in [-0.05, 0) is 25.5 Å². The maximum atomic E-state index is 13.4. The van der Waals surface area contributed by atoms with Gasteiger partial charge in [0.05, 0.1) is 24.6 Å². The predicted octanol–water partition coefficient (Wildman–Crippen LogP) is 0.686. The van der Waals surface area contributed by atoms with Gasteiger partial charge in [0, 0.05) is 26.3 Å². The van der Waals surface area contributed by atoms with E-state index in [-0.39, 0.29) is 31.4 Å². The van der Waals surface area contributed by atoms with E-state index in [0.717, 1.165) is 4.90 Å². The highest BCUT2D eigenvalue weighted by Gasteiger charge is 2.47. The van der Waals surface area contributed by atoms with Gasteiger partial charge < -0.3 is 35.1 Å². The highest BCUT2D eigenvalue weighted by molar-refractivity contribution is 6.01. The lowest BCUT2D eigenvalue weighted by atomic mass is 9.92. The Bertz CT molecular complexity index is 1120. The number of hydrogen-bond donors (Lipinski definition) is 4. The average Bonchev–Trinajstić information content (AvgIpc) is 3.29. The fourth-order valence-corrected chi connectivity index (χ4v) is 3.86. The van der Waals surface area contributed by atoms with Gasteiger partial charge in [-0.1, -0.05) is 23.4 Å². The van der Waals surface area contributed by atoms with Crippen LogP contribution in [0, 0.1) is 0 Å². The van der Waals surface area contributed by atoms with Crippen LogP contribution in [0.25, 0.3) is 0 Å². The Kier molecular flexibility index (Phi) is 10.9. The topological polar surface area (TPSA) is 209 Å². The number of carbonyl (C=O) groups is 6. The number of para-hydroxylation sites is 1. The van der Waals surface area contributed by atoms with Gasteiger partial charge in [-0.25, -0.2) is 0 Å². The number of ketones is 1. The summed E-state index contributed by atoms with van der Waals surface area (Å²) in [4.78, 5) is 78.1. The fraction of sp³-hybridized carbons (Fsp3) is 0.480. The lowest BCUT2D eigenvalue weighted by Gasteiger charge is -2.32. The molecule has 4 N–H and O–H groups in total. The lowest BCUT2D eigenvalue weighted by Crippen LogP contribution is -2.54. The number of benzene rings is 1. The minimum absolute atomic E-state index is 0.104. The maximum Gasteiger partial charge on any atom is 0.305 e. The van der Waals surface area contributed by atoms with Crippen molar-refractivity contribution < 1.29 is 53.7 Å². The number of nitrogens with zero attached hydrogens (tertiary/aromatic N) is 2. The molecule has 0 radical (unpaired) electrons.